The third-order valence-electron chi connectivity index (χ3n) is 6.34. The summed E-state index contributed by atoms with van der Waals surface area (Å²) in [7, 11) is 0. The number of halogens is 2. The number of anilines is 1. The summed E-state index contributed by atoms with van der Waals surface area (Å²) in [5, 5.41) is 9.69. The lowest BCUT2D eigenvalue weighted by molar-refractivity contribution is 0.122. The number of hydrogen-bond donors (Lipinski definition) is 1. The van der Waals surface area contributed by atoms with Crippen LogP contribution in [-0.4, -0.2) is 71.9 Å². The Kier molecular flexibility index (Phi) is 5.38. The third-order valence-corrected chi connectivity index (χ3v) is 6.34. The molecular weight excluding hydrogens is 456 g/mol. The lowest BCUT2D eigenvalue weighted by atomic mass is 10.2. The molecule has 12 heteroatoms. The molecule has 4 aromatic heterocycles. The summed E-state index contributed by atoms with van der Waals surface area (Å²) in [5.41, 5.74) is 7.91. The molecule has 0 atom stereocenters. The molecule has 0 radical (unpaired) electrons. The van der Waals surface area contributed by atoms with Crippen LogP contribution in [0.2, 0.25) is 0 Å². The molecule has 0 spiro atoms. The van der Waals surface area contributed by atoms with E-state index in [1.54, 1.807) is 24.6 Å². The van der Waals surface area contributed by atoms with Gasteiger partial charge in [0.05, 0.1) is 24.4 Å². The van der Waals surface area contributed by atoms with Gasteiger partial charge in [0.25, 0.3) is 0 Å². The summed E-state index contributed by atoms with van der Waals surface area (Å²) >= 11 is 0. The van der Waals surface area contributed by atoms with Crippen LogP contribution in [0.25, 0.3) is 28.3 Å². The fourth-order valence-electron chi connectivity index (χ4n) is 4.43. The predicted octanol–water partition coefficient (Wildman–Crippen LogP) is 2.41. The van der Waals surface area contributed by atoms with E-state index in [2.05, 4.69) is 30.0 Å². The Balaban J connectivity index is 1.12. The van der Waals surface area contributed by atoms with Gasteiger partial charge in [-0.1, -0.05) is 6.07 Å². The van der Waals surface area contributed by atoms with Crippen LogP contribution >= 0.6 is 0 Å². The van der Waals surface area contributed by atoms with Crippen LogP contribution in [0.5, 0.6) is 0 Å². The van der Waals surface area contributed by atoms with Gasteiger partial charge in [0.1, 0.15) is 11.6 Å². The van der Waals surface area contributed by atoms with Gasteiger partial charge in [-0.05, 0) is 18.2 Å². The van der Waals surface area contributed by atoms with Gasteiger partial charge >= 0.3 is 0 Å². The van der Waals surface area contributed by atoms with E-state index in [1.165, 1.54) is 16.6 Å². The Labute approximate surface area is 198 Å². The number of furan rings is 1. The van der Waals surface area contributed by atoms with Crippen molar-refractivity contribution < 1.29 is 13.2 Å². The average molecular weight is 479 g/mol. The molecule has 1 aliphatic rings. The quantitative estimate of drug-likeness (QED) is 0.396. The highest BCUT2D eigenvalue weighted by Crippen LogP contribution is 2.23. The van der Waals surface area contributed by atoms with Gasteiger partial charge in [-0.3, -0.25) is 9.80 Å². The second kappa shape index (κ2) is 8.71. The Hall–Kier alpha value is -3.90. The van der Waals surface area contributed by atoms with E-state index in [0.717, 1.165) is 44.2 Å². The second-order valence-electron chi connectivity index (χ2n) is 8.58. The molecule has 35 heavy (non-hydrogen) atoms. The summed E-state index contributed by atoms with van der Waals surface area (Å²) in [4.78, 5) is 13.6. The molecule has 5 aromatic rings. The monoisotopic (exact) mass is 479 g/mol. The number of aromatic nitrogens is 6. The molecule has 0 amide bonds. The van der Waals surface area contributed by atoms with E-state index in [0.29, 0.717) is 41.5 Å². The number of piperazine rings is 1. The minimum atomic E-state index is -0.554. The zero-order chi connectivity index (χ0) is 23.9. The molecule has 2 N–H and O–H groups in total. The van der Waals surface area contributed by atoms with Crippen molar-refractivity contribution in [1.29, 1.82) is 0 Å². The normalized spacial score (nSPS) is 15.5. The van der Waals surface area contributed by atoms with Gasteiger partial charge < -0.3 is 10.2 Å². The molecule has 0 saturated carbocycles. The summed E-state index contributed by atoms with van der Waals surface area (Å²) < 4.78 is 35.8. The summed E-state index contributed by atoms with van der Waals surface area (Å²) in [6.45, 7) is 5.19. The van der Waals surface area contributed by atoms with Gasteiger partial charge in [-0.25, -0.2) is 18.4 Å². The first-order chi connectivity index (χ1) is 17.0. The molecule has 5 heterocycles. The third kappa shape index (κ3) is 4.10. The molecule has 0 aliphatic carbocycles. The topological polar surface area (TPSA) is 107 Å². The maximum absolute atomic E-state index is 14.0. The maximum atomic E-state index is 14.0. The lowest BCUT2D eigenvalue weighted by Crippen LogP contribution is -2.46. The smallest absolute Gasteiger partial charge is 0.225 e. The number of nitrogen functional groups attached to an aromatic ring is 1. The molecule has 180 valence electrons. The Bertz CT molecular complexity index is 1490. The molecule has 1 fully saturated rings. The zero-order valence-corrected chi connectivity index (χ0v) is 18.8. The van der Waals surface area contributed by atoms with Crippen LogP contribution in [0.3, 0.4) is 0 Å². The van der Waals surface area contributed by atoms with Crippen LogP contribution in [0.1, 0.15) is 5.56 Å². The minimum Gasteiger partial charge on any atom is -0.461 e. The number of benzene rings is 1. The van der Waals surface area contributed by atoms with Crippen molar-refractivity contribution in [3.63, 3.8) is 0 Å². The Morgan fingerprint density at radius 3 is 2.57 bits per heavy atom. The van der Waals surface area contributed by atoms with E-state index < -0.39 is 11.6 Å². The van der Waals surface area contributed by atoms with Crippen LogP contribution in [-0.2, 0) is 13.1 Å². The van der Waals surface area contributed by atoms with Gasteiger partial charge in [-0.15, -0.1) is 5.10 Å². The van der Waals surface area contributed by atoms with Crippen molar-refractivity contribution in [3.8, 4) is 11.6 Å². The van der Waals surface area contributed by atoms with Crippen LogP contribution < -0.4 is 5.73 Å². The highest BCUT2D eigenvalue weighted by molar-refractivity contribution is 5.90. The zero-order valence-electron chi connectivity index (χ0n) is 18.8. The first kappa shape index (κ1) is 21.6. The predicted molar refractivity (Wildman–Crippen MR) is 124 cm³/mol. The van der Waals surface area contributed by atoms with Gasteiger partial charge in [0.2, 0.25) is 11.8 Å². The van der Waals surface area contributed by atoms with E-state index in [4.69, 9.17) is 10.2 Å². The number of hydrogen-bond acceptors (Lipinski definition) is 8. The fourth-order valence-corrected chi connectivity index (χ4v) is 4.43. The molecule has 1 saturated heterocycles. The van der Waals surface area contributed by atoms with Crippen LogP contribution in [0.15, 0.2) is 47.2 Å². The van der Waals surface area contributed by atoms with E-state index in [1.807, 2.05) is 4.68 Å². The molecule has 1 aromatic carbocycles. The molecule has 1 aliphatic heterocycles. The first-order valence-electron chi connectivity index (χ1n) is 11.4. The van der Waals surface area contributed by atoms with Gasteiger partial charge in [0.15, 0.2) is 17.1 Å². The highest BCUT2D eigenvalue weighted by Gasteiger charge is 2.20. The fraction of sp³-hybridized carbons (Fsp3) is 0.304. The second-order valence-corrected chi connectivity index (χ2v) is 8.58. The lowest BCUT2D eigenvalue weighted by Gasteiger charge is -2.34. The molecule has 6 rings (SSSR count). The highest BCUT2D eigenvalue weighted by atomic mass is 19.1. The summed E-state index contributed by atoms with van der Waals surface area (Å²) in [5.74, 6) is 0.155. The van der Waals surface area contributed by atoms with Crippen molar-refractivity contribution in [3.05, 3.63) is 60.0 Å². The SMILES string of the molecule is Nc1nc2c(cnn2CCN2CCN(Cc3ccc(F)cc3F)CC2)c2nc(-c3ccco3)nn12. The number of nitrogens with zero attached hydrogens (tertiary/aromatic N) is 8. The minimum absolute atomic E-state index is 0.223. The molecule has 0 unspecified atom stereocenters. The Morgan fingerprint density at radius 2 is 1.80 bits per heavy atom. The number of nitrogens with two attached hydrogens (primary N) is 1. The molecule has 0 bridgehead atoms. The average Bonchev–Trinajstić information content (AvgIpc) is 3.60. The number of rotatable bonds is 6. The van der Waals surface area contributed by atoms with Crippen molar-refractivity contribution in [2.75, 3.05) is 38.5 Å². The molecule has 10 nitrogen and oxygen atoms in total. The van der Waals surface area contributed by atoms with Crippen LogP contribution in [0, 0.1) is 11.6 Å². The van der Waals surface area contributed by atoms with Crippen molar-refractivity contribution >= 4 is 22.6 Å². The summed E-state index contributed by atoms with van der Waals surface area (Å²) in [6, 6.07) is 7.31. The first-order valence-corrected chi connectivity index (χ1v) is 11.4. The Morgan fingerprint density at radius 1 is 0.971 bits per heavy atom. The number of fused-ring (bicyclic) bond motifs is 3. The maximum Gasteiger partial charge on any atom is 0.225 e. The van der Waals surface area contributed by atoms with Crippen molar-refractivity contribution in [2.24, 2.45) is 0 Å². The van der Waals surface area contributed by atoms with Gasteiger partial charge in [0, 0.05) is 50.9 Å². The summed E-state index contributed by atoms with van der Waals surface area (Å²) in [6.07, 6.45) is 3.30. The van der Waals surface area contributed by atoms with E-state index >= 15 is 0 Å². The van der Waals surface area contributed by atoms with E-state index in [9.17, 15) is 8.78 Å². The van der Waals surface area contributed by atoms with Crippen molar-refractivity contribution in [1.82, 2.24) is 39.2 Å². The van der Waals surface area contributed by atoms with Gasteiger partial charge in [-0.2, -0.15) is 14.6 Å². The molecular formula is C23H23F2N9O. The van der Waals surface area contributed by atoms with Crippen LogP contribution in [0.4, 0.5) is 14.7 Å². The largest absolute Gasteiger partial charge is 0.461 e. The standard InChI is InChI=1S/C23H23F2N9O/c24-16-4-3-15(18(25)12-16)14-32-7-5-31(6-8-32)9-10-33-21-17(13-27-33)22-28-20(19-2-1-11-35-19)30-34(22)23(26)29-21/h1-4,11-13H,5-10,14H2,(H2,26,29). The van der Waals surface area contributed by atoms with E-state index in [-0.39, 0.29) is 5.95 Å². The van der Waals surface area contributed by atoms with Crippen molar-refractivity contribution in [2.45, 2.75) is 13.1 Å².